The van der Waals surface area contributed by atoms with Gasteiger partial charge in [0.25, 0.3) is 0 Å². The maximum atomic E-state index is 13.1. The first-order valence-electron chi connectivity index (χ1n) is 12.0. The average molecular weight is 521 g/mol. The van der Waals surface area contributed by atoms with Crippen molar-refractivity contribution in [1.29, 1.82) is 0 Å². The Bertz CT molecular complexity index is 1530. The minimum absolute atomic E-state index is 0.0464. The maximum Gasteiger partial charge on any atom is 0.243 e. The summed E-state index contributed by atoms with van der Waals surface area (Å²) in [7, 11) is -0.363. The Morgan fingerprint density at radius 1 is 1.00 bits per heavy atom. The van der Waals surface area contributed by atoms with Crippen LogP contribution in [0.15, 0.2) is 59.8 Å². The fraction of sp³-hybridized carbons (Fsp3) is 0.308. The number of fused-ring (bicyclic) bond motifs is 1. The number of H-pyrrole nitrogens is 1. The molecule has 37 heavy (non-hydrogen) atoms. The molecule has 0 radical (unpaired) electrons. The molecule has 0 aliphatic carbocycles. The van der Waals surface area contributed by atoms with Crippen molar-refractivity contribution in [2.45, 2.75) is 24.2 Å². The van der Waals surface area contributed by atoms with E-state index in [1.54, 1.807) is 55.7 Å². The van der Waals surface area contributed by atoms with Gasteiger partial charge in [-0.05, 0) is 36.2 Å². The number of carbonyl (C=O) groups is 1. The molecule has 3 aromatic heterocycles. The molecule has 1 aliphatic rings. The molecular formula is C26H28N6O4S. The fourth-order valence-electron chi connectivity index (χ4n) is 4.31. The minimum atomic E-state index is -3.69. The molecular weight excluding hydrogens is 492 g/mol. The van der Waals surface area contributed by atoms with Crippen LogP contribution in [0.25, 0.3) is 22.3 Å². The average Bonchev–Trinajstić information content (AvgIpc) is 3.25. The first-order chi connectivity index (χ1) is 17.8. The van der Waals surface area contributed by atoms with Gasteiger partial charge in [0.05, 0.1) is 17.5 Å². The van der Waals surface area contributed by atoms with Crippen molar-refractivity contribution in [2.24, 2.45) is 0 Å². The summed E-state index contributed by atoms with van der Waals surface area (Å²) >= 11 is 0. The van der Waals surface area contributed by atoms with Gasteiger partial charge in [-0.1, -0.05) is 12.1 Å². The number of pyridine rings is 2. The lowest BCUT2D eigenvalue weighted by Crippen LogP contribution is -2.34. The number of aromatic nitrogens is 4. The zero-order valence-electron chi connectivity index (χ0n) is 20.7. The second-order valence-electron chi connectivity index (χ2n) is 8.96. The Morgan fingerprint density at radius 2 is 1.81 bits per heavy atom. The smallest absolute Gasteiger partial charge is 0.243 e. The summed E-state index contributed by atoms with van der Waals surface area (Å²) in [5.41, 5.74) is 4.04. The molecule has 1 aromatic carbocycles. The van der Waals surface area contributed by atoms with Gasteiger partial charge in [-0.25, -0.2) is 18.4 Å². The zero-order chi connectivity index (χ0) is 26.0. The van der Waals surface area contributed by atoms with Crippen LogP contribution in [0.1, 0.15) is 17.9 Å². The SMILES string of the molecule is COc1ccnc(CCc2nc3ncc(-c4ccc(S(=O)(=O)N5CCC(=O)N(C)CC5)cc4)cc3[nH]2)c1. The molecule has 0 bridgehead atoms. The molecule has 0 spiro atoms. The number of hydrogen-bond donors (Lipinski definition) is 1. The highest BCUT2D eigenvalue weighted by molar-refractivity contribution is 7.89. The van der Waals surface area contributed by atoms with Crippen molar-refractivity contribution in [1.82, 2.24) is 29.1 Å². The predicted octanol–water partition coefficient (Wildman–Crippen LogP) is 2.67. The van der Waals surface area contributed by atoms with Crippen molar-refractivity contribution >= 4 is 27.1 Å². The number of rotatable bonds is 7. The Labute approximate surface area is 215 Å². The van der Waals surface area contributed by atoms with E-state index in [0.29, 0.717) is 25.0 Å². The third kappa shape index (κ3) is 5.32. The van der Waals surface area contributed by atoms with Gasteiger partial charge < -0.3 is 14.6 Å². The van der Waals surface area contributed by atoms with Crippen molar-refractivity contribution in [3.63, 3.8) is 0 Å². The number of aryl methyl sites for hydroxylation is 2. The number of hydrogen-bond acceptors (Lipinski definition) is 7. The van der Waals surface area contributed by atoms with E-state index in [-0.39, 0.29) is 30.3 Å². The molecule has 192 valence electrons. The normalized spacial score (nSPS) is 15.2. The monoisotopic (exact) mass is 520 g/mol. The highest BCUT2D eigenvalue weighted by atomic mass is 32.2. The number of likely N-dealkylation sites (N-methyl/N-ethyl adjacent to an activating group) is 1. The largest absolute Gasteiger partial charge is 0.497 e. The van der Waals surface area contributed by atoms with E-state index in [9.17, 15) is 13.2 Å². The summed E-state index contributed by atoms with van der Waals surface area (Å²) in [4.78, 5) is 30.5. The molecule has 0 atom stereocenters. The van der Waals surface area contributed by atoms with Gasteiger partial charge in [-0.15, -0.1) is 0 Å². The summed E-state index contributed by atoms with van der Waals surface area (Å²) in [5.74, 6) is 1.54. The van der Waals surface area contributed by atoms with E-state index in [4.69, 9.17) is 4.74 Å². The lowest BCUT2D eigenvalue weighted by atomic mass is 10.1. The van der Waals surface area contributed by atoms with Crippen LogP contribution >= 0.6 is 0 Å². The van der Waals surface area contributed by atoms with Crippen LogP contribution < -0.4 is 4.74 Å². The van der Waals surface area contributed by atoms with Crippen molar-refractivity contribution in [3.8, 4) is 16.9 Å². The van der Waals surface area contributed by atoms with E-state index in [2.05, 4.69) is 19.9 Å². The van der Waals surface area contributed by atoms with Crippen molar-refractivity contribution < 1.29 is 17.9 Å². The lowest BCUT2D eigenvalue weighted by Gasteiger charge is -2.20. The summed E-state index contributed by atoms with van der Waals surface area (Å²) < 4.78 is 32.9. The topological polar surface area (TPSA) is 121 Å². The van der Waals surface area contributed by atoms with E-state index in [1.807, 2.05) is 18.2 Å². The number of imidazole rings is 1. The quantitative estimate of drug-likeness (QED) is 0.398. The fourth-order valence-corrected chi connectivity index (χ4v) is 5.74. The van der Waals surface area contributed by atoms with Gasteiger partial charge >= 0.3 is 0 Å². The van der Waals surface area contributed by atoms with E-state index in [0.717, 1.165) is 33.9 Å². The Morgan fingerprint density at radius 3 is 2.59 bits per heavy atom. The molecule has 10 nitrogen and oxygen atoms in total. The molecule has 0 unspecified atom stereocenters. The number of nitrogens with one attached hydrogen (secondary N) is 1. The summed E-state index contributed by atoms with van der Waals surface area (Å²) in [6, 6.07) is 12.4. The molecule has 5 rings (SSSR count). The Hall–Kier alpha value is -3.83. The molecule has 11 heteroatoms. The lowest BCUT2D eigenvalue weighted by molar-refractivity contribution is -0.129. The second-order valence-corrected chi connectivity index (χ2v) is 10.9. The number of carbonyl (C=O) groups excluding carboxylic acids is 1. The van der Waals surface area contributed by atoms with Crippen LogP contribution in [0.3, 0.4) is 0 Å². The number of methoxy groups -OCH3 is 1. The van der Waals surface area contributed by atoms with E-state index in [1.165, 1.54) is 4.31 Å². The first-order valence-corrected chi connectivity index (χ1v) is 13.5. The second kappa shape index (κ2) is 10.3. The van der Waals surface area contributed by atoms with Gasteiger partial charge in [-0.3, -0.25) is 9.78 Å². The summed E-state index contributed by atoms with van der Waals surface area (Å²) in [6.45, 7) is 0.844. The molecule has 1 N–H and O–H groups in total. The Kier molecular flexibility index (Phi) is 6.90. The van der Waals surface area contributed by atoms with Crippen LogP contribution in [-0.2, 0) is 27.7 Å². The van der Waals surface area contributed by atoms with Crippen LogP contribution in [0, 0.1) is 0 Å². The molecule has 1 saturated heterocycles. The number of amides is 1. The number of ether oxygens (including phenoxy) is 1. The van der Waals surface area contributed by atoms with Crippen LogP contribution in [0.5, 0.6) is 5.75 Å². The molecule has 1 fully saturated rings. The predicted molar refractivity (Wildman–Crippen MR) is 139 cm³/mol. The van der Waals surface area contributed by atoms with Gasteiger partial charge in [0.15, 0.2) is 5.65 Å². The van der Waals surface area contributed by atoms with Crippen LogP contribution in [-0.4, -0.2) is 77.3 Å². The highest BCUT2D eigenvalue weighted by Gasteiger charge is 2.28. The van der Waals surface area contributed by atoms with Gasteiger partial charge in [0.2, 0.25) is 15.9 Å². The number of sulfonamides is 1. The highest BCUT2D eigenvalue weighted by Crippen LogP contribution is 2.25. The maximum absolute atomic E-state index is 13.1. The number of nitrogens with zero attached hydrogens (tertiary/aromatic N) is 5. The standard InChI is InChI=1S/C26H28N6O4S/c1-31-13-14-32(12-10-25(31)33)37(34,35)22-6-3-18(4-7-22)19-15-23-26(28-17-19)30-24(29-23)8-5-20-16-21(36-2)9-11-27-20/h3-4,6-7,9,11,15-17H,5,8,10,12-14H2,1-2H3,(H,28,29,30). The molecule has 0 saturated carbocycles. The zero-order valence-corrected chi connectivity index (χ0v) is 21.5. The molecule has 1 aliphatic heterocycles. The van der Waals surface area contributed by atoms with E-state index < -0.39 is 10.0 Å². The summed E-state index contributed by atoms with van der Waals surface area (Å²) in [6.07, 6.45) is 5.03. The first kappa shape index (κ1) is 24.8. The van der Waals surface area contributed by atoms with Crippen LogP contribution in [0.2, 0.25) is 0 Å². The molecule has 4 aromatic rings. The van der Waals surface area contributed by atoms with Crippen molar-refractivity contribution in [2.75, 3.05) is 33.8 Å². The minimum Gasteiger partial charge on any atom is -0.497 e. The third-order valence-corrected chi connectivity index (χ3v) is 8.45. The molecule has 4 heterocycles. The van der Waals surface area contributed by atoms with Crippen molar-refractivity contribution in [3.05, 3.63) is 66.4 Å². The number of aromatic amines is 1. The van der Waals surface area contributed by atoms with Gasteiger partial charge in [0, 0.05) is 69.2 Å². The van der Waals surface area contributed by atoms with Gasteiger partial charge in [-0.2, -0.15) is 4.31 Å². The summed E-state index contributed by atoms with van der Waals surface area (Å²) in [5, 5.41) is 0. The van der Waals surface area contributed by atoms with E-state index >= 15 is 0 Å². The third-order valence-electron chi connectivity index (χ3n) is 6.54. The number of benzene rings is 1. The van der Waals surface area contributed by atoms with Gasteiger partial charge in [0.1, 0.15) is 11.6 Å². The Balaban J connectivity index is 1.31. The molecule has 1 amide bonds. The van der Waals surface area contributed by atoms with Crippen LogP contribution in [0.4, 0.5) is 0 Å².